The molecule has 1 N–H and O–H groups in total. The molecular formula is C10H20N2O. The Balaban J connectivity index is 1.95. The molecule has 0 amide bonds. The van der Waals surface area contributed by atoms with E-state index in [0.717, 1.165) is 25.4 Å². The first-order chi connectivity index (χ1) is 6.34. The molecule has 76 valence electrons. The number of likely N-dealkylation sites (tertiary alicyclic amines) is 1. The third-order valence-electron chi connectivity index (χ3n) is 2.76. The van der Waals surface area contributed by atoms with Crippen LogP contribution in [0.5, 0.6) is 0 Å². The molecule has 0 aromatic heterocycles. The fraction of sp³-hybridized carbons (Fsp3) is 0.900. The number of nitrogens with one attached hydrogen (secondary N) is 1. The van der Waals surface area contributed by atoms with Gasteiger partial charge in [-0.05, 0) is 39.4 Å². The number of carbonyl (C=O) groups is 1. The van der Waals surface area contributed by atoms with Gasteiger partial charge in [-0.15, -0.1) is 0 Å². The highest BCUT2D eigenvalue weighted by Crippen LogP contribution is 2.16. The van der Waals surface area contributed by atoms with Crippen molar-refractivity contribution in [3.8, 4) is 0 Å². The van der Waals surface area contributed by atoms with Crippen molar-refractivity contribution >= 4 is 6.29 Å². The van der Waals surface area contributed by atoms with E-state index in [1.807, 2.05) is 0 Å². The summed E-state index contributed by atoms with van der Waals surface area (Å²) < 4.78 is 0. The van der Waals surface area contributed by atoms with Crippen LogP contribution in [-0.2, 0) is 4.79 Å². The van der Waals surface area contributed by atoms with Crippen molar-refractivity contribution in [2.45, 2.75) is 31.7 Å². The Labute approximate surface area is 80.5 Å². The molecule has 1 aliphatic heterocycles. The highest BCUT2D eigenvalue weighted by Gasteiger charge is 2.19. The van der Waals surface area contributed by atoms with Crippen LogP contribution in [0.4, 0.5) is 0 Å². The van der Waals surface area contributed by atoms with E-state index in [-0.39, 0.29) is 0 Å². The smallest absolute Gasteiger partial charge is 0.121 e. The standard InChI is InChI=1S/C10H20N2O/c1-12-8-2-4-10(12)5-7-11-6-3-9-13/h9-11H,2-8H2,1H3. The zero-order chi connectivity index (χ0) is 9.52. The Bertz CT molecular complexity index is 150. The van der Waals surface area contributed by atoms with Crippen LogP contribution in [0, 0.1) is 0 Å². The fourth-order valence-corrected chi connectivity index (χ4v) is 1.90. The highest BCUT2D eigenvalue weighted by atomic mass is 16.1. The first-order valence-corrected chi connectivity index (χ1v) is 5.19. The predicted octanol–water partition coefficient (Wildman–Crippen LogP) is 0.649. The maximum Gasteiger partial charge on any atom is 0.121 e. The van der Waals surface area contributed by atoms with Gasteiger partial charge >= 0.3 is 0 Å². The normalized spacial score (nSPS) is 23.6. The zero-order valence-electron chi connectivity index (χ0n) is 8.46. The van der Waals surface area contributed by atoms with E-state index in [9.17, 15) is 4.79 Å². The molecule has 1 atom stereocenters. The molecule has 1 heterocycles. The molecule has 1 fully saturated rings. The van der Waals surface area contributed by atoms with E-state index >= 15 is 0 Å². The van der Waals surface area contributed by atoms with Crippen LogP contribution in [0.15, 0.2) is 0 Å². The predicted molar refractivity (Wildman–Crippen MR) is 53.8 cm³/mol. The monoisotopic (exact) mass is 184 g/mol. The van der Waals surface area contributed by atoms with Crippen molar-refractivity contribution in [2.75, 3.05) is 26.7 Å². The summed E-state index contributed by atoms with van der Waals surface area (Å²) in [6, 6.07) is 0.767. The first-order valence-electron chi connectivity index (χ1n) is 5.19. The molecule has 0 aliphatic carbocycles. The second-order valence-corrected chi connectivity index (χ2v) is 3.77. The van der Waals surface area contributed by atoms with E-state index in [2.05, 4.69) is 17.3 Å². The fourth-order valence-electron chi connectivity index (χ4n) is 1.90. The maximum atomic E-state index is 10.0. The lowest BCUT2D eigenvalue weighted by Crippen LogP contribution is -2.29. The second-order valence-electron chi connectivity index (χ2n) is 3.77. The van der Waals surface area contributed by atoms with Gasteiger partial charge < -0.3 is 15.0 Å². The highest BCUT2D eigenvalue weighted by molar-refractivity contribution is 5.49. The Morgan fingerprint density at radius 1 is 1.54 bits per heavy atom. The lowest BCUT2D eigenvalue weighted by Gasteiger charge is -2.19. The number of nitrogens with zero attached hydrogens (tertiary/aromatic N) is 1. The quantitative estimate of drug-likeness (QED) is 0.486. The van der Waals surface area contributed by atoms with Gasteiger partial charge in [-0.25, -0.2) is 0 Å². The van der Waals surface area contributed by atoms with Crippen LogP contribution in [0.1, 0.15) is 25.7 Å². The van der Waals surface area contributed by atoms with Crippen molar-refractivity contribution in [3.05, 3.63) is 0 Å². The Kier molecular flexibility index (Phi) is 5.01. The molecule has 0 aromatic rings. The van der Waals surface area contributed by atoms with Crippen LogP contribution >= 0.6 is 0 Å². The minimum atomic E-state index is 0.639. The van der Waals surface area contributed by atoms with Gasteiger partial charge in [0.1, 0.15) is 6.29 Å². The number of carbonyl (C=O) groups excluding carboxylic acids is 1. The first kappa shape index (κ1) is 10.7. The van der Waals surface area contributed by atoms with Gasteiger partial charge in [0.2, 0.25) is 0 Å². The number of hydrogen-bond acceptors (Lipinski definition) is 3. The molecule has 1 unspecified atom stereocenters. The molecule has 0 aromatic carbocycles. The summed E-state index contributed by atoms with van der Waals surface area (Å²) in [4.78, 5) is 12.5. The van der Waals surface area contributed by atoms with Crippen molar-refractivity contribution in [2.24, 2.45) is 0 Å². The summed E-state index contributed by atoms with van der Waals surface area (Å²) in [6.07, 6.45) is 5.51. The molecule has 3 nitrogen and oxygen atoms in total. The number of rotatable bonds is 6. The molecule has 0 spiro atoms. The summed E-state index contributed by atoms with van der Waals surface area (Å²) in [5, 5.41) is 3.28. The third-order valence-corrected chi connectivity index (χ3v) is 2.76. The Hall–Kier alpha value is -0.410. The molecule has 3 heteroatoms. The molecule has 0 bridgehead atoms. The molecule has 1 saturated heterocycles. The number of hydrogen-bond donors (Lipinski definition) is 1. The van der Waals surface area contributed by atoms with E-state index in [1.54, 1.807) is 0 Å². The summed E-state index contributed by atoms with van der Waals surface area (Å²) in [5.74, 6) is 0. The van der Waals surface area contributed by atoms with Crippen LogP contribution in [0.3, 0.4) is 0 Å². The van der Waals surface area contributed by atoms with E-state index in [1.165, 1.54) is 25.8 Å². The van der Waals surface area contributed by atoms with E-state index in [0.29, 0.717) is 6.42 Å². The Morgan fingerprint density at radius 3 is 3.00 bits per heavy atom. The van der Waals surface area contributed by atoms with Gasteiger partial charge in [0.25, 0.3) is 0 Å². The van der Waals surface area contributed by atoms with Gasteiger partial charge in [-0.2, -0.15) is 0 Å². The van der Waals surface area contributed by atoms with Crippen molar-refractivity contribution < 1.29 is 4.79 Å². The van der Waals surface area contributed by atoms with Gasteiger partial charge in [-0.1, -0.05) is 0 Å². The summed E-state index contributed by atoms with van der Waals surface area (Å²) in [7, 11) is 2.20. The summed E-state index contributed by atoms with van der Waals surface area (Å²) in [6.45, 7) is 3.13. The van der Waals surface area contributed by atoms with Gasteiger partial charge in [0, 0.05) is 19.0 Å². The molecule has 0 saturated carbocycles. The van der Waals surface area contributed by atoms with Gasteiger partial charge in [0.05, 0.1) is 0 Å². The molecule has 13 heavy (non-hydrogen) atoms. The molecular weight excluding hydrogens is 164 g/mol. The van der Waals surface area contributed by atoms with Crippen molar-refractivity contribution in [1.82, 2.24) is 10.2 Å². The maximum absolute atomic E-state index is 10.0. The van der Waals surface area contributed by atoms with Crippen LogP contribution < -0.4 is 5.32 Å². The molecule has 1 aliphatic rings. The second kappa shape index (κ2) is 6.11. The van der Waals surface area contributed by atoms with Crippen molar-refractivity contribution in [3.63, 3.8) is 0 Å². The summed E-state index contributed by atoms with van der Waals surface area (Å²) in [5.41, 5.74) is 0. The average molecular weight is 184 g/mol. The van der Waals surface area contributed by atoms with Crippen molar-refractivity contribution in [1.29, 1.82) is 0 Å². The third kappa shape index (κ3) is 3.87. The lowest BCUT2D eigenvalue weighted by atomic mass is 10.1. The molecule has 1 rings (SSSR count). The van der Waals surface area contributed by atoms with Crippen LogP contribution in [-0.4, -0.2) is 43.9 Å². The van der Waals surface area contributed by atoms with Crippen LogP contribution in [0.2, 0.25) is 0 Å². The average Bonchev–Trinajstić information content (AvgIpc) is 2.52. The van der Waals surface area contributed by atoms with Gasteiger partial charge in [-0.3, -0.25) is 0 Å². The molecule has 0 radical (unpaired) electrons. The summed E-state index contributed by atoms with van der Waals surface area (Å²) >= 11 is 0. The lowest BCUT2D eigenvalue weighted by molar-refractivity contribution is -0.107. The Morgan fingerprint density at radius 2 is 2.38 bits per heavy atom. The van der Waals surface area contributed by atoms with Gasteiger partial charge in [0.15, 0.2) is 0 Å². The largest absolute Gasteiger partial charge is 0.316 e. The minimum Gasteiger partial charge on any atom is -0.316 e. The number of aldehydes is 1. The zero-order valence-corrected chi connectivity index (χ0v) is 8.46. The topological polar surface area (TPSA) is 32.3 Å². The SMILES string of the molecule is CN1CCCC1CCNCCC=O. The van der Waals surface area contributed by atoms with E-state index < -0.39 is 0 Å². The minimum absolute atomic E-state index is 0.639. The van der Waals surface area contributed by atoms with Crippen LogP contribution in [0.25, 0.3) is 0 Å². The van der Waals surface area contributed by atoms with E-state index in [4.69, 9.17) is 0 Å².